The van der Waals surface area contributed by atoms with Crippen LogP contribution < -0.4 is 10.6 Å². The molecule has 0 aromatic rings. The summed E-state index contributed by atoms with van der Waals surface area (Å²) >= 11 is 0. The van der Waals surface area contributed by atoms with E-state index in [9.17, 15) is 4.79 Å². The van der Waals surface area contributed by atoms with E-state index in [1.165, 1.54) is 6.42 Å². The molecular weight excluding hydrogens is 144 g/mol. The maximum atomic E-state index is 10.3. The second-order valence-corrected chi connectivity index (χ2v) is 3.39. The molecule has 2 aliphatic heterocycles. The van der Waals surface area contributed by atoms with Gasteiger partial charge in [0.15, 0.2) is 0 Å². The molecule has 11 heavy (non-hydrogen) atoms. The molecule has 3 atom stereocenters. The van der Waals surface area contributed by atoms with Gasteiger partial charge in [-0.25, -0.2) is 4.79 Å². The molecule has 3 rings (SSSR count). The Balaban J connectivity index is 1.91. The summed E-state index contributed by atoms with van der Waals surface area (Å²) < 4.78 is 0. The van der Waals surface area contributed by atoms with Crippen LogP contribution >= 0.6 is 0 Å². The molecule has 2 heterocycles. The van der Waals surface area contributed by atoms with E-state index in [1.54, 1.807) is 0 Å². The number of nitrogens with one attached hydrogen (secondary N) is 2. The van der Waals surface area contributed by atoms with Crippen molar-refractivity contribution in [3.05, 3.63) is 0 Å². The Morgan fingerprint density at radius 1 is 1.45 bits per heavy atom. The Kier molecular flexibility index (Phi) is 1.49. The predicted molar refractivity (Wildman–Crippen MR) is 39.4 cm³/mol. The molecule has 4 nitrogen and oxygen atoms in total. The quantitative estimate of drug-likeness (QED) is 0.495. The standard InChI is InChI=1S/C7H12N2O2/c10-7(11)9-6-4-1-5(6)3-8-2-4/h4-6,8-9H,1-3H2,(H,10,11)/t4-,5+,6+. The number of fused-ring (bicyclic) bond motifs is 2. The van der Waals surface area contributed by atoms with Crippen molar-refractivity contribution in [2.45, 2.75) is 12.5 Å². The number of carboxylic acid groups (broad SMARTS) is 1. The summed E-state index contributed by atoms with van der Waals surface area (Å²) in [7, 11) is 0. The van der Waals surface area contributed by atoms with Crippen molar-refractivity contribution in [1.29, 1.82) is 0 Å². The minimum atomic E-state index is -0.883. The number of hydrogen-bond donors (Lipinski definition) is 3. The first kappa shape index (κ1) is 6.91. The lowest BCUT2D eigenvalue weighted by molar-refractivity contribution is 0.0657. The molecule has 3 N–H and O–H groups in total. The molecule has 3 fully saturated rings. The maximum Gasteiger partial charge on any atom is 0.404 e. The van der Waals surface area contributed by atoms with Gasteiger partial charge < -0.3 is 15.7 Å². The van der Waals surface area contributed by atoms with Crippen molar-refractivity contribution in [2.75, 3.05) is 13.1 Å². The fourth-order valence-corrected chi connectivity index (χ4v) is 2.12. The molecule has 3 aliphatic rings. The minimum absolute atomic E-state index is 0.230. The molecule has 0 unspecified atom stereocenters. The number of amides is 1. The lowest BCUT2D eigenvalue weighted by Crippen LogP contribution is -2.63. The van der Waals surface area contributed by atoms with Gasteiger partial charge in [-0.05, 0) is 31.3 Å². The lowest BCUT2D eigenvalue weighted by atomic mass is 9.67. The fourth-order valence-electron chi connectivity index (χ4n) is 2.12. The highest BCUT2D eigenvalue weighted by Crippen LogP contribution is 2.36. The van der Waals surface area contributed by atoms with Gasteiger partial charge in [0.25, 0.3) is 0 Å². The van der Waals surface area contributed by atoms with Crippen LogP contribution in [0.3, 0.4) is 0 Å². The zero-order valence-corrected chi connectivity index (χ0v) is 6.21. The molecule has 0 spiro atoms. The third-order valence-electron chi connectivity index (χ3n) is 2.72. The fraction of sp³-hybridized carbons (Fsp3) is 0.857. The Hall–Kier alpha value is -0.770. The van der Waals surface area contributed by atoms with Crippen molar-refractivity contribution in [1.82, 2.24) is 10.6 Å². The van der Waals surface area contributed by atoms with Crippen LogP contribution in [0.25, 0.3) is 0 Å². The van der Waals surface area contributed by atoms with E-state index in [-0.39, 0.29) is 6.04 Å². The van der Waals surface area contributed by atoms with Crippen LogP contribution in [0.5, 0.6) is 0 Å². The highest BCUT2D eigenvalue weighted by Gasteiger charge is 2.44. The number of piperidine rings is 2. The third-order valence-corrected chi connectivity index (χ3v) is 2.72. The van der Waals surface area contributed by atoms with E-state index in [0.29, 0.717) is 11.8 Å². The van der Waals surface area contributed by atoms with Gasteiger partial charge in [0.2, 0.25) is 0 Å². The summed E-state index contributed by atoms with van der Waals surface area (Å²) in [6.07, 6.45) is 0.310. The molecule has 2 saturated heterocycles. The first-order chi connectivity index (χ1) is 5.27. The number of carbonyl (C=O) groups is 1. The molecule has 2 bridgehead atoms. The van der Waals surface area contributed by atoms with Crippen LogP contribution in [-0.4, -0.2) is 30.3 Å². The highest BCUT2D eigenvalue weighted by atomic mass is 16.4. The average Bonchev–Trinajstić information content (AvgIpc) is 2.01. The minimum Gasteiger partial charge on any atom is -0.465 e. The van der Waals surface area contributed by atoms with Crippen LogP contribution in [0.2, 0.25) is 0 Å². The van der Waals surface area contributed by atoms with Gasteiger partial charge in [-0.1, -0.05) is 0 Å². The summed E-state index contributed by atoms with van der Waals surface area (Å²) in [6, 6.07) is 0.230. The van der Waals surface area contributed by atoms with Gasteiger partial charge in [-0.15, -0.1) is 0 Å². The average molecular weight is 156 g/mol. The van der Waals surface area contributed by atoms with E-state index in [0.717, 1.165) is 13.1 Å². The van der Waals surface area contributed by atoms with Gasteiger partial charge >= 0.3 is 6.09 Å². The monoisotopic (exact) mass is 156 g/mol. The highest BCUT2D eigenvalue weighted by molar-refractivity contribution is 5.65. The summed E-state index contributed by atoms with van der Waals surface area (Å²) in [6.45, 7) is 1.95. The molecule has 1 aliphatic carbocycles. The maximum absolute atomic E-state index is 10.3. The van der Waals surface area contributed by atoms with Crippen LogP contribution in [-0.2, 0) is 0 Å². The van der Waals surface area contributed by atoms with Crippen LogP contribution in [0, 0.1) is 11.8 Å². The van der Waals surface area contributed by atoms with Crippen LogP contribution in [0.1, 0.15) is 6.42 Å². The predicted octanol–water partition coefficient (Wildman–Crippen LogP) is -0.138. The largest absolute Gasteiger partial charge is 0.465 e. The molecule has 1 saturated carbocycles. The number of rotatable bonds is 1. The SMILES string of the molecule is O=C(O)N[C@@H]1[C@@H]2CNC[C@H]1C2. The van der Waals surface area contributed by atoms with Gasteiger partial charge in [0.05, 0.1) is 0 Å². The van der Waals surface area contributed by atoms with Crippen LogP contribution in [0.4, 0.5) is 4.79 Å². The summed E-state index contributed by atoms with van der Waals surface area (Å²) in [5, 5.41) is 14.3. The van der Waals surface area contributed by atoms with Crippen molar-refractivity contribution in [2.24, 2.45) is 11.8 Å². The van der Waals surface area contributed by atoms with E-state index in [1.807, 2.05) is 0 Å². The lowest BCUT2D eigenvalue weighted by Gasteiger charge is -2.49. The zero-order valence-electron chi connectivity index (χ0n) is 6.21. The molecule has 4 heteroatoms. The normalized spacial score (nSPS) is 40.9. The molecule has 0 aromatic heterocycles. The molecule has 0 aromatic carbocycles. The second kappa shape index (κ2) is 2.37. The van der Waals surface area contributed by atoms with Crippen LogP contribution in [0.15, 0.2) is 0 Å². The Morgan fingerprint density at radius 2 is 2.09 bits per heavy atom. The first-order valence-corrected chi connectivity index (χ1v) is 3.97. The second-order valence-electron chi connectivity index (χ2n) is 3.39. The summed E-state index contributed by atoms with van der Waals surface area (Å²) in [4.78, 5) is 10.3. The summed E-state index contributed by atoms with van der Waals surface area (Å²) in [5.41, 5.74) is 0. The van der Waals surface area contributed by atoms with E-state index in [2.05, 4.69) is 10.6 Å². The third kappa shape index (κ3) is 1.07. The Labute approximate surface area is 65.0 Å². The van der Waals surface area contributed by atoms with Crippen molar-refractivity contribution >= 4 is 6.09 Å². The van der Waals surface area contributed by atoms with E-state index in [4.69, 9.17) is 5.11 Å². The van der Waals surface area contributed by atoms with Crippen molar-refractivity contribution in [3.63, 3.8) is 0 Å². The van der Waals surface area contributed by atoms with E-state index < -0.39 is 6.09 Å². The summed E-state index contributed by atoms with van der Waals surface area (Å²) in [5.74, 6) is 1.09. The molecule has 62 valence electrons. The number of hydrogen-bond acceptors (Lipinski definition) is 2. The topological polar surface area (TPSA) is 61.4 Å². The van der Waals surface area contributed by atoms with Gasteiger partial charge in [0, 0.05) is 6.04 Å². The Bertz CT molecular complexity index is 169. The smallest absolute Gasteiger partial charge is 0.404 e. The Morgan fingerprint density at radius 3 is 2.55 bits per heavy atom. The first-order valence-electron chi connectivity index (χ1n) is 3.97. The van der Waals surface area contributed by atoms with Crippen molar-refractivity contribution in [3.8, 4) is 0 Å². The zero-order chi connectivity index (χ0) is 7.84. The molecule has 1 amide bonds. The van der Waals surface area contributed by atoms with Gasteiger partial charge in [-0.3, -0.25) is 0 Å². The van der Waals surface area contributed by atoms with Gasteiger partial charge in [-0.2, -0.15) is 0 Å². The van der Waals surface area contributed by atoms with Gasteiger partial charge in [0.1, 0.15) is 0 Å². The molecular formula is C7H12N2O2. The van der Waals surface area contributed by atoms with E-state index >= 15 is 0 Å². The molecule has 0 radical (unpaired) electrons. The van der Waals surface area contributed by atoms with Crippen molar-refractivity contribution < 1.29 is 9.90 Å².